The van der Waals surface area contributed by atoms with Gasteiger partial charge in [0.25, 0.3) is 10.0 Å². The predicted octanol–water partition coefficient (Wildman–Crippen LogP) is 3.08. The maximum atomic E-state index is 13.7. The van der Waals surface area contributed by atoms with Crippen molar-refractivity contribution in [1.82, 2.24) is 4.98 Å². The standard InChI is InChI=1S/C19H17FN4O3S2/c20-15-3-1-2-4-16(15)22-12-18(25)24-9-7-13-11-14(5-6-17(13)24)29(26,27)23-19-21-8-10-28-19/h1-6,8,10-11,22H,7,9,12H2,(H,21,23). The largest absolute Gasteiger partial charge is 0.374 e. The van der Waals surface area contributed by atoms with E-state index in [0.717, 1.165) is 5.56 Å². The molecule has 2 N–H and O–H groups in total. The SMILES string of the molecule is O=C(CNc1ccccc1F)N1CCc2cc(S(=O)(=O)Nc3nccs3)ccc21. The molecule has 1 aliphatic heterocycles. The van der Waals surface area contributed by atoms with Crippen molar-refractivity contribution in [2.24, 2.45) is 0 Å². The molecule has 0 fully saturated rings. The Balaban J connectivity index is 1.48. The minimum Gasteiger partial charge on any atom is -0.374 e. The summed E-state index contributed by atoms with van der Waals surface area (Å²) in [6.45, 7) is 0.378. The maximum Gasteiger partial charge on any atom is 0.263 e. The minimum absolute atomic E-state index is 0.0635. The highest BCUT2D eigenvalue weighted by molar-refractivity contribution is 7.93. The van der Waals surface area contributed by atoms with Gasteiger partial charge in [0.1, 0.15) is 5.82 Å². The molecule has 0 saturated carbocycles. The van der Waals surface area contributed by atoms with Gasteiger partial charge in [-0.3, -0.25) is 9.52 Å². The Hall–Kier alpha value is -2.98. The lowest BCUT2D eigenvalue weighted by atomic mass is 10.2. The molecular weight excluding hydrogens is 415 g/mol. The Kier molecular flexibility index (Phi) is 5.20. The van der Waals surface area contributed by atoms with Gasteiger partial charge in [0.15, 0.2) is 5.13 Å². The van der Waals surface area contributed by atoms with Gasteiger partial charge >= 0.3 is 0 Å². The number of hydrogen-bond donors (Lipinski definition) is 2. The lowest BCUT2D eigenvalue weighted by Crippen LogP contribution is -2.34. The van der Waals surface area contributed by atoms with Crippen LogP contribution in [0.25, 0.3) is 0 Å². The summed E-state index contributed by atoms with van der Waals surface area (Å²) in [5, 5.41) is 4.78. The molecule has 0 aliphatic carbocycles. The smallest absolute Gasteiger partial charge is 0.263 e. The number of fused-ring (bicyclic) bond motifs is 1. The van der Waals surface area contributed by atoms with E-state index in [9.17, 15) is 17.6 Å². The van der Waals surface area contributed by atoms with Crippen LogP contribution in [0.1, 0.15) is 5.56 Å². The number of nitrogens with zero attached hydrogens (tertiary/aromatic N) is 2. The van der Waals surface area contributed by atoms with Gasteiger partial charge in [-0.1, -0.05) is 12.1 Å². The minimum atomic E-state index is -3.75. The second-order valence-corrected chi connectivity index (χ2v) is 8.94. The summed E-state index contributed by atoms with van der Waals surface area (Å²) in [5.41, 5.74) is 1.69. The average Bonchev–Trinajstić information content (AvgIpc) is 3.36. The highest BCUT2D eigenvalue weighted by Gasteiger charge is 2.27. The lowest BCUT2D eigenvalue weighted by Gasteiger charge is -2.18. The number of aromatic nitrogens is 1. The Bertz CT molecular complexity index is 1150. The molecule has 4 rings (SSSR count). The van der Waals surface area contributed by atoms with Crippen LogP contribution in [-0.2, 0) is 21.2 Å². The van der Waals surface area contributed by atoms with Crippen molar-refractivity contribution in [3.8, 4) is 0 Å². The summed E-state index contributed by atoms with van der Waals surface area (Å²) in [6, 6.07) is 10.8. The van der Waals surface area contributed by atoms with Crippen LogP contribution in [0.2, 0.25) is 0 Å². The normalized spacial score (nSPS) is 13.2. The fourth-order valence-electron chi connectivity index (χ4n) is 3.12. The predicted molar refractivity (Wildman–Crippen MR) is 110 cm³/mol. The zero-order chi connectivity index (χ0) is 20.4. The number of hydrogen-bond acceptors (Lipinski definition) is 6. The zero-order valence-electron chi connectivity index (χ0n) is 15.1. The van der Waals surface area contributed by atoms with Crippen LogP contribution in [0.3, 0.4) is 0 Å². The van der Waals surface area contributed by atoms with E-state index in [0.29, 0.717) is 23.8 Å². The molecule has 1 aliphatic rings. The van der Waals surface area contributed by atoms with E-state index >= 15 is 0 Å². The van der Waals surface area contributed by atoms with Crippen LogP contribution in [0, 0.1) is 5.82 Å². The Morgan fingerprint density at radius 2 is 2.07 bits per heavy atom. The van der Waals surface area contributed by atoms with Gasteiger partial charge < -0.3 is 10.2 Å². The quantitative estimate of drug-likeness (QED) is 0.625. The van der Waals surface area contributed by atoms with Crippen molar-refractivity contribution in [2.75, 3.05) is 28.0 Å². The van der Waals surface area contributed by atoms with Crippen molar-refractivity contribution in [3.05, 3.63) is 65.4 Å². The number of thiazole rings is 1. The second-order valence-electron chi connectivity index (χ2n) is 6.36. The summed E-state index contributed by atoms with van der Waals surface area (Å²) < 4.78 is 41.2. The Labute approximate surface area is 171 Å². The molecular formula is C19H17FN4O3S2. The molecule has 150 valence electrons. The third kappa shape index (κ3) is 4.08. The molecule has 10 heteroatoms. The van der Waals surface area contributed by atoms with Crippen LogP contribution in [-0.4, -0.2) is 32.4 Å². The van der Waals surface area contributed by atoms with E-state index < -0.39 is 15.8 Å². The monoisotopic (exact) mass is 432 g/mol. The van der Waals surface area contributed by atoms with E-state index in [1.807, 2.05) is 0 Å². The lowest BCUT2D eigenvalue weighted by molar-refractivity contribution is -0.116. The summed E-state index contributed by atoms with van der Waals surface area (Å²) in [7, 11) is -3.75. The molecule has 0 saturated heterocycles. The molecule has 0 unspecified atom stereocenters. The van der Waals surface area contributed by atoms with Gasteiger partial charge in [0, 0.05) is 23.8 Å². The summed E-state index contributed by atoms with van der Waals surface area (Å²) in [5.74, 6) is -0.645. The number of carbonyl (C=O) groups is 1. The van der Waals surface area contributed by atoms with Crippen molar-refractivity contribution in [3.63, 3.8) is 0 Å². The molecule has 1 aromatic heterocycles. The van der Waals surface area contributed by atoms with Gasteiger partial charge in [-0.15, -0.1) is 11.3 Å². The molecule has 29 heavy (non-hydrogen) atoms. The van der Waals surface area contributed by atoms with Crippen molar-refractivity contribution in [2.45, 2.75) is 11.3 Å². The van der Waals surface area contributed by atoms with E-state index in [4.69, 9.17) is 0 Å². The summed E-state index contributed by atoms with van der Waals surface area (Å²) in [6.07, 6.45) is 2.06. The highest BCUT2D eigenvalue weighted by Crippen LogP contribution is 2.31. The number of nitrogens with one attached hydrogen (secondary N) is 2. The van der Waals surface area contributed by atoms with Crippen LogP contribution in [0.5, 0.6) is 0 Å². The molecule has 7 nitrogen and oxygen atoms in total. The number of sulfonamides is 1. The van der Waals surface area contributed by atoms with E-state index in [1.54, 1.807) is 40.6 Å². The van der Waals surface area contributed by atoms with Gasteiger partial charge in [-0.2, -0.15) is 0 Å². The number of carbonyl (C=O) groups excluding carboxylic acids is 1. The van der Waals surface area contributed by atoms with E-state index in [1.165, 1.54) is 29.7 Å². The maximum absolute atomic E-state index is 13.7. The number of rotatable bonds is 6. The molecule has 0 atom stereocenters. The first-order valence-corrected chi connectivity index (χ1v) is 11.1. The first-order valence-electron chi connectivity index (χ1n) is 8.78. The molecule has 2 heterocycles. The third-order valence-corrected chi connectivity index (χ3v) is 6.67. The fraction of sp³-hybridized carbons (Fsp3) is 0.158. The first kappa shape index (κ1) is 19.3. The number of halogens is 1. The highest BCUT2D eigenvalue weighted by atomic mass is 32.2. The van der Waals surface area contributed by atoms with E-state index in [-0.39, 0.29) is 23.0 Å². The number of benzene rings is 2. The summed E-state index contributed by atoms with van der Waals surface area (Å²) in [4.78, 5) is 18.2. The van der Waals surface area contributed by atoms with Crippen LogP contribution in [0.15, 0.2) is 58.9 Å². The second kappa shape index (κ2) is 7.80. The number of amides is 1. The third-order valence-electron chi connectivity index (χ3n) is 4.52. The van der Waals surface area contributed by atoms with Gasteiger partial charge in [-0.25, -0.2) is 17.8 Å². The fourth-order valence-corrected chi connectivity index (χ4v) is 4.96. The summed E-state index contributed by atoms with van der Waals surface area (Å²) >= 11 is 1.19. The molecule has 2 aromatic carbocycles. The molecule has 0 radical (unpaired) electrons. The van der Waals surface area contributed by atoms with Crippen LogP contribution >= 0.6 is 11.3 Å². The molecule has 1 amide bonds. The molecule has 0 spiro atoms. The van der Waals surface area contributed by atoms with Crippen molar-refractivity contribution in [1.29, 1.82) is 0 Å². The topological polar surface area (TPSA) is 91.4 Å². The van der Waals surface area contributed by atoms with Gasteiger partial charge in [0.2, 0.25) is 5.91 Å². The van der Waals surface area contributed by atoms with Crippen molar-refractivity contribution >= 4 is 43.8 Å². The van der Waals surface area contributed by atoms with Gasteiger partial charge in [0.05, 0.1) is 17.1 Å². The Morgan fingerprint density at radius 3 is 2.83 bits per heavy atom. The zero-order valence-corrected chi connectivity index (χ0v) is 16.8. The average molecular weight is 433 g/mol. The van der Waals surface area contributed by atoms with Crippen LogP contribution < -0.4 is 14.9 Å². The van der Waals surface area contributed by atoms with Crippen molar-refractivity contribution < 1.29 is 17.6 Å². The number of anilines is 3. The van der Waals surface area contributed by atoms with E-state index in [2.05, 4.69) is 15.0 Å². The molecule has 3 aromatic rings. The first-order chi connectivity index (χ1) is 13.9. The molecule has 0 bridgehead atoms. The van der Waals surface area contributed by atoms with Gasteiger partial charge in [-0.05, 0) is 42.3 Å². The number of para-hydroxylation sites is 1. The van der Waals surface area contributed by atoms with Crippen LogP contribution in [0.4, 0.5) is 20.9 Å². The Morgan fingerprint density at radius 1 is 1.24 bits per heavy atom.